The van der Waals surface area contributed by atoms with Crippen molar-refractivity contribution in [1.29, 1.82) is 5.26 Å². The number of hydrogen-bond donors (Lipinski definition) is 2. The van der Waals surface area contributed by atoms with E-state index in [1.54, 1.807) is 6.33 Å². The fraction of sp³-hybridized carbons (Fsp3) is 0.483. The van der Waals surface area contributed by atoms with Gasteiger partial charge in [0.1, 0.15) is 23.6 Å². The van der Waals surface area contributed by atoms with Crippen LogP contribution in [-0.2, 0) is 24.4 Å². The summed E-state index contributed by atoms with van der Waals surface area (Å²) in [5.74, 6) is 1.71. The van der Waals surface area contributed by atoms with E-state index in [0.717, 1.165) is 41.2 Å². The summed E-state index contributed by atoms with van der Waals surface area (Å²) in [6.45, 7) is 9.48. The fourth-order valence-electron chi connectivity index (χ4n) is 5.64. The van der Waals surface area contributed by atoms with E-state index in [0.29, 0.717) is 42.9 Å². The van der Waals surface area contributed by atoms with Crippen molar-refractivity contribution < 1.29 is 9.53 Å². The Bertz CT molecular complexity index is 1400. The van der Waals surface area contributed by atoms with Crippen molar-refractivity contribution in [3.63, 3.8) is 0 Å². The smallest absolute Gasteiger partial charge is 0.274 e. The molecule has 2 aliphatic rings. The minimum absolute atomic E-state index is 0.262. The number of carbonyl (C=O) groups excluding carboxylic acids is 1. The Morgan fingerprint density at radius 3 is 2.76 bits per heavy atom. The molecule has 3 aromatic rings. The first-order valence-electron chi connectivity index (χ1n) is 13.2. The number of aromatic nitrogens is 4. The number of amides is 1. The molecule has 0 atom stereocenters. The van der Waals surface area contributed by atoms with Gasteiger partial charge in [0.25, 0.3) is 5.91 Å². The Labute approximate surface area is 223 Å². The molecule has 2 N–H and O–H groups in total. The zero-order valence-electron chi connectivity index (χ0n) is 22.7. The van der Waals surface area contributed by atoms with Crippen LogP contribution in [0, 0.1) is 17.2 Å². The van der Waals surface area contributed by atoms with E-state index in [9.17, 15) is 10.1 Å². The van der Waals surface area contributed by atoms with Gasteiger partial charge in [-0.2, -0.15) is 5.26 Å². The average molecular weight is 514 g/mol. The van der Waals surface area contributed by atoms with E-state index >= 15 is 0 Å². The topological polar surface area (TPSA) is 118 Å². The summed E-state index contributed by atoms with van der Waals surface area (Å²) < 4.78 is 7.95. The van der Waals surface area contributed by atoms with Crippen molar-refractivity contribution in [3.05, 3.63) is 65.0 Å². The lowest BCUT2D eigenvalue weighted by molar-refractivity contribution is 0.102. The molecule has 9 nitrogen and oxygen atoms in total. The minimum atomic E-state index is -0.337. The summed E-state index contributed by atoms with van der Waals surface area (Å²) in [7, 11) is 1.94. The molecular formula is C29H35N7O2. The summed E-state index contributed by atoms with van der Waals surface area (Å²) in [6, 6.07) is 12.3. The molecule has 5 rings (SSSR count). The van der Waals surface area contributed by atoms with Crippen LogP contribution in [0.25, 0.3) is 0 Å². The van der Waals surface area contributed by atoms with Gasteiger partial charge < -0.3 is 19.9 Å². The molecule has 0 radical (unpaired) electrons. The van der Waals surface area contributed by atoms with Crippen LogP contribution in [0.1, 0.15) is 80.1 Å². The lowest BCUT2D eigenvalue weighted by Gasteiger charge is -2.46. The van der Waals surface area contributed by atoms with E-state index in [-0.39, 0.29) is 16.7 Å². The molecule has 1 aromatic carbocycles. The highest BCUT2D eigenvalue weighted by Crippen LogP contribution is 2.53. The van der Waals surface area contributed by atoms with Crippen molar-refractivity contribution in [2.75, 3.05) is 11.9 Å². The molecule has 3 heterocycles. The van der Waals surface area contributed by atoms with Crippen LogP contribution in [0.4, 0.5) is 5.69 Å². The molecule has 198 valence electrons. The second kappa shape index (κ2) is 9.84. The van der Waals surface area contributed by atoms with Gasteiger partial charge in [-0.3, -0.25) is 4.79 Å². The summed E-state index contributed by atoms with van der Waals surface area (Å²) in [5, 5.41) is 24.2. The molecule has 1 aliphatic heterocycles. The molecule has 0 unspecified atom stereocenters. The van der Waals surface area contributed by atoms with Gasteiger partial charge in [-0.25, -0.2) is 4.98 Å². The number of carbonyl (C=O) groups is 1. The van der Waals surface area contributed by atoms with Crippen molar-refractivity contribution in [1.82, 2.24) is 25.1 Å². The quantitative estimate of drug-likeness (QED) is 0.463. The van der Waals surface area contributed by atoms with Crippen LogP contribution < -0.4 is 15.4 Å². The number of nitrogens with zero attached hydrogens (tertiary/aromatic N) is 5. The summed E-state index contributed by atoms with van der Waals surface area (Å²) in [6.07, 6.45) is 3.86. The number of aryl methyl sites for hydroxylation is 1. The third-order valence-electron chi connectivity index (χ3n) is 7.67. The highest BCUT2D eigenvalue weighted by atomic mass is 16.5. The highest BCUT2D eigenvalue weighted by Gasteiger charge is 2.49. The van der Waals surface area contributed by atoms with Crippen LogP contribution in [0.3, 0.4) is 0 Å². The number of nitriles is 1. The Balaban J connectivity index is 1.44. The number of pyridine rings is 1. The molecule has 1 fully saturated rings. The number of nitrogens with one attached hydrogen (secondary N) is 2. The van der Waals surface area contributed by atoms with E-state index in [2.05, 4.69) is 60.7 Å². The number of rotatable bonds is 8. The molecule has 38 heavy (non-hydrogen) atoms. The van der Waals surface area contributed by atoms with Gasteiger partial charge >= 0.3 is 0 Å². The lowest BCUT2D eigenvalue weighted by Crippen LogP contribution is -2.44. The van der Waals surface area contributed by atoms with Crippen LogP contribution in [0.5, 0.6) is 5.75 Å². The standard InChI is InChI=1S/C29H35N7O2/c1-18(2)31-15-20-11-23(34-25-24(20)38-16-28(25,3)4)26(37)33-22-8-6-7-21(12-22)29(13-19(14-29)9-10-30)27-35-32-17-36(27)5/h6-8,11-12,17-19,31H,9,13-16H2,1-5H3,(H,33,37). The monoisotopic (exact) mass is 513 g/mol. The maximum absolute atomic E-state index is 13.5. The third kappa shape index (κ3) is 4.65. The van der Waals surface area contributed by atoms with Gasteiger partial charge in [0.2, 0.25) is 0 Å². The summed E-state index contributed by atoms with van der Waals surface area (Å²) in [4.78, 5) is 18.2. The molecule has 0 saturated heterocycles. The van der Waals surface area contributed by atoms with Gasteiger partial charge in [0, 0.05) is 42.7 Å². The summed E-state index contributed by atoms with van der Waals surface area (Å²) >= 11 is 0. The number of ether oxygens (including phenoxy) is 1. The van der Waals surface area contributed by atoms with Crippen LogP contribution in [-0.4, -0.2) is 38.3 Å². The van der Waals surface area contributed by atoms with Gasteiger partial charge in [-0.05, 0) is 42.5 Å². The Morgan fingerprint density at radius 1 is 1.29 bits per heavy atom. The number of benzene rings is 1. The van der Waals surface area contributed by atoms with Crippen LogP contribution >= 0.6 is 0 Å². The fourth-order valence-corrected chi connectivity index (χ4v) is 5.64. The maximum atomic E-state index is 13.5. The minimum Gasteiger partial charge on any atom is -0.490 e. The second-order valence-corrected chi connectivity index (χ2v) is 11.6. The normalized spacial score (nSPS) is 21.3. The van der Waals surface area contributed by atoms with Gasteiger partial charge in [0.15, 0.2) is 0 Å². The first kappa shape index (κ1) is 25.9. The predicted octanol–water partition coefficient (Wildman–Crippen LogP) is 4.24. The molecule has 1 amide bonds. The van der Waals surface area contributed by atoms with Crippen molar-refractivity contribution in [2.24, 2.45) is 13.0 Å². The molecule has 1 aliphatic carbocycles. The average Bonchev–Trinajstić information content (AvgIpc) is 3.42. The van der Waals surface area contributed by atoms with Crippen molar-refractivity contribution in [2.45, 2.75) is 70.4 Å². The van der Waals surface area contributed by atoms with Crippen molar-refractivity contribution in [3.8, 4) is 11.8 Å². The number of hydrogen-bond acceptors (Lipinski definition) is 7. The van der Waals surface area contributed by atoms with E-state index < -0.39 is 0 Å². The highest BCUT2D eigenvalue weighted by molar-refractivity contribution is 6.03. The van der Waals surface area contributed by atoms with Crippen molar-refractivity contribution >= 4 is 11.6 Å². The van der Waals surface area contributed by atoms with Gasteiger partial charge in [0.05, 0.1) is 23.8 Å². The molecular weight excluding hydrogens is 478 g/mol. The summed E-state index contributed by atoms with van der Waals surface area (Å²) in [5.41, 5.74) is 3.26. The third-order valence-corrected chi connectivity index (χ3v) is 7.67. The van der Waals surface area contributed by atoms with Crippen LogP contribution in [0.15, 0.2) is 36.7 Å². The number of anilines is 1. The van der Waals surface area contributed by atoms with E-state index in [1.807, 2.05) is 35.9 Å². The molecule has 9 heteroatoms. The second-order valence-electron chi connectivity index (χ2n) is 11.6. The number of fused-ring (bicyclic) bond motifs is 1. The molecule has 0 bridgehead atoms. The Morgan fingerprint density at radius 2 is 2.08 bits per heavy atom. The first-order valence-corrected chi connectivity index (χ1v) is 13.2. The largest absolute Gasteiger partial charge is 0.490 e. The zero-order valence-corrected chi connectivity index (χ0v) is 22.7. The predicted molar refractivity (Wildman–Crippen MR) is 144 cm³/mol. The lowest BCUT2D eigenvalue weighted by atomic mass is 9.57. The molecule has 2 aromatic heterocycles. The Kier molecular flexibility index (Phi) is 6.70. The Hall–Kier alpha value is -3.77. The SMILES string of the molecule is CC(C)NCc1cc(C(=O)Nc2cccc(C3(c4nncn4C)CC(CC#N)C3)c2)nc2c1OCC2(C)C. The molecule has 0 spiro atoms. The molecule has 1 saturated carbocycles. The van der Waals surface area contributed by atoms with Gasteiger partial charge in [-0.15, -0.1) is 10.2 Å². The van der Waals surface area contributed by atoms with Gasteiger partial charge in [-0.1, -0.05) is 39.8 Å². The van der Waals surface area contributed by atoms with Crippen LogP contribution in [0.2, 0.25) is 0 Å². The van der Waals surface area contributed by atoms with E-state index in [1.165, 1.54) is 0 Å². The first-order chi connectivity index (χ1) is 18.1. The van der Waals surface area contributed by atoms with E-state index in [4.69, 9.17) is 9.72 Å². The zero-order chi connectivity index (χ0) is 27.1. The maximum Gasteiger partial charge on any atom is 0.274 e.